The highest BCUT2D eigenvalue weighted by molar-refractivity contribution is 7.10. The van der Waals surface area contributed by atoms with E-state index in [1.54, 1.807) is 11.3 Å². The molecule has 3 aromatic rings. The van der Waals surface area contributed by atoms with E-state index in [9.17, 15) is 4.79 Å². The molecule has 7 heteroatoms. The fourth-order valence-corrected chi connectivity index (χ4v) is 4.67. The molecule has 1 saturated heterocycles. The Labute approximate surface area is 187 Å². The number of aromatic nitrogens is 2. The molecule has 0 bridgehead atoms. The van der Waals surface area contributed by atoms with Gasteiger partial charge >= 0.3 is 0 Å². The Morgan fingerprint density at radius 3 is 2.45 bits per heavy atom. The molecule has 0 radical (unpaired) electrons. The van der Waals surface area contributed by atoms with Gasteiger partial charge < -0.3 is 15.1 Å². The molecule has 0 saturated carbocycles. The highest BCUT2D eigenvalue weighted by Crippen LogP contribution is 2.21. The minimum absolute atomic E-state index is 0.244. The van der Waals surface area contributed by atoms with E-state index >= 15 is 0 Å². The first-order chi connectivity index (χ1) is 15.0. The Hall–Kier alpha value is -2.93. The lowest BCUT2D eigenvalue weighted by Gasteiger charge is -2.35. The molecule has 162 valence electrons. The van der Waals surface area contributed by atoms with Crippen LogP contribution in [0.4, 0.5) is 17.5 Å². The predicted octanol–water partition coefficient (Wildman–Crippen LogP) is 4.49. The highest BCUT2D eigenvalue weighted by Gasteiger charge is 2.22. The summed E-state index contributed by atoms with van der Waals surface area (Å²) >= 11 is 1.74. The number of hydrogen-bond donors (Lipinski definition) is 1. The zero-order valence-corrected chi connectivity index (χ0v) is 19.2. The second-order valence-corrected chi connectivity index (χ2v) is 9.08. The van der Waals surface area contributed by atoms with Crippen LogP contribution in [0.25, 0.3) is 0 Å². The van der Waals surface area contributed by atoms with Crippen LogP contribution in [-0.2, 0) is 11.2 Å². The average Bonchev–Trinajstić information content (AvgIpc) is 3.18. The SMILES string of the molecule is Cc1ccc(Nc2nc(C)cc(N3CCN(C(=O)CCc4sccc4C)CC3)n2)cc1. The van der Waals surface area contributed by atoms with E-state index in [2.05, 4.69) is 52.6 Å². The number of hydrogen-bond acceptors (Lipinski definition) is 6. The molecule has 31 heavy (non-hydrogen) atoms. The lowest BCUT2D eigenvalue weighted by Crippen LogP contribution is -2.49. The second-order valence-electron chi connectivity index (χ2n) is 8.08. The largest absolute Gasteiger partial charge is 0.353 e. The standard InChI is InChI=1S/C24H29N5OS/c1-17-4-6-20(7-5-17)26-24-25-19(3)16-22(27-24)28-11-13-29(14-12-28)23(30)9-8-21-18(2)10-15-31-21/h4-7,10,15-16H,8-9,11-14H2,1-3H3,(H,25,26,27). The fourth-order valence-electron chi connectivity index (χ4n) is 3.76. The molecule has 0 spiro atoms. The number of nitrogens with one attached hydrogen (secondary N) is 1. The van der Waals surface area contributed by atoms with Crippen molar-refractivity contribution in [2.45, 2.75) is 33.6 Å². The molecule has 1 aromatic carbocycles. The Morgan fingerprint density at radius 1 is 1.03 bits per heavy atom. The summed E-state index contributed by atoms with van der Waals surface area (Å²) in [7, 11) is 0. The van der Waals surface area contributed by atoms with Gasteiger partial charge in [0, 0.05) is 54.9 Å². The van der Waals surface area contributed by atoms with Crippen LogP contribution in [-0.4, -0.2) is 47.0 Å². The first-order valence-corrected chi connectivity index (χ1v) is 11.6. The van der Waals surface area contributed by atoms with Crippen molar-refractivity contribution in [1.29, 1.82) is 0 Å². The molecular weight excluding hydrogens is 406 g/mol. The van der Waals surface area contributed by atoms with Gasteiger partial charge in [-0.15, -0.1) is 11.3 Å². The van der Waals surface area contributed by atoms with Crippen LogP contribution >= 0.6 is 11.3 Å². The van der Waals surface area contributed by atoms with Crippen molar-refractivity contribution in [3.63, 3.8) is 0 Å². The smallest absolute Gasteiger partial charge is 0.229 e. The summed E-state index contributed by atoms with van der Waals surface area (Å²) in [6.45, 7) is 9.18. The minimum atomic E-state index is 0.244. The summed E-state index contributed by atoms with van der Waals surface area (Å²) < 4.78 is 0. The van der Waals surface area contributed by atoms with Crippen molar-refractivity contribution >= 4 is 34.7 Å². The van der Waals surface area contributed by atoms with Crippen molar-refractivity contribution in [3.05, 3.63) is 63.5 Å². The lowest BCUT2D eigenvalue weighted by atomic mass is 10.1. The lowest BCUT2D eigenvalue weighted by molar-refractivity contribution is -0.131. The first-order valence-electron chi connectivity index (χ1n) is 10.7. The average molecular weight is 436 g/mol. The number of thiophene rings is 1. The molecule has 1 aliphatic heterocycles. The van der Waals surface area contributed by atoms with Crippen LogP contribution < -0.4 is 10.2 Å². The molecule has 0 unspecified atom stereocenters. The van der Waals surface area contributed by atoms with Gasteiger partial charge in [-0.25, -0.2) is 4.98 Å². The van der Waals surface area contributed by atoms with E-state index in [4.69, 9.17) is 4.98 Å². The van der Waals surface area contributed by atoms with E-state index in [0.29, 0.717) is 12.4 Å². The summed E-state index contributed by atoms with van der Waals surface area (Å²) in [5, 5.41) is 5.40. The van der Waals surface area contributed by atoms with Gasteiger partial charge in [0.2, 0.25) is 11.9 Å². The normalized spacial score (nSPS) is 14.0. The second kappa shape index (κ2) is 9.47. The Bertz CT molecular complexity index is 1040. The molecular formula is C24H29N5OS. The Morgan fingerprint density at radius 2 is 1.77 bits per heavy atom. The minimum Gasteiger partial charge on any atom is -0.353 e. The number of benzene rings is 1. The molecule has 0 atom stereocenters. The van der Waals surface area contributed by atoms with Crippen LogP contribution in [0, 0.1) is 20.8 Å². The number of amides is 1. The summed E-state index contributed by atoms with van der Waals surface area (Å²) in [6, 6.07) is 12.3. The van der Waals surface area contributed by atoms with Gasteiger partial charge in [-0.3, -0.25) is 4.79 Å². The van der Waals surface area contributed by atoms with E-state index in [1.165, 1.54) is 16.0 Å². The van der Waals surface area contributed by atoms with E-state index in [1.807, 2.05) is 30.0 Å². The number of anilines is 3. The van der Waals surface area contributed by atoms with E-state index in [0.717, 1.165) is 49.8 Å². The molecule has 1 aliphatic rings. The Kier molecular flexibility index (Phi) is 6.51. The van der Waals surface area contributed by atoms with Gasteiger partial charge in [0.1, 0.15) is 5.82 Å². The van der Waals surface area contributed by atoms with Crippen molar-refractivity contribution in [2.75, 3.05) is 36.4 Å². The monoisotopic (exact) mass is 435 g/mol. The predicted molar refractivity (Wildman–Crippen MR) is 127 cm³/mol. The highest BCUT2D eigenvalue weighted by atomic mass is 32.1. The summed E-state index contributed by atoms with van der Waals surface area (Å²) in [5.41, 5.74) is 4.40. The third-order valence-electron chi connectivity index (χ3n) is 5.64. The third kappa shape index (κ3) is 5.41. The fraction of sp³-hybridized carbons (Fsp3) is 0.375. The molecule has 4 rings (SSSR count). The van der Waals surface area contributed by atoms with Gasteiger partial charge in [-0.1, -0.05) is 17.7 Å². The molecule has 0 aliphatic carbocycles. The molecule has 1 N–H and O–H groups in total. The third-order valence-corrected chi connectivity index (χ3v) is 6.72. The van der Waals surface area contributed by atoms with Crippen molar-refractivity contribution in [1.82, 2.24) is 14.9 Å². The zero-order chi connectivity index (χ0) is 21.8. The van der Waals surface area contributed by atoms with Crippen LogP contribution in [0.3, 0.4) is 0 Å². The van der Waals surface area contributed by atoms with Gasteiger partial charge in [0.05, 0.1) is 0 Å². The van der Waals surface area contributed by atoms with Crippen LogP contribution in [0.2, 0.25) is 0 Å². The van der Waals surface area contributed by atoms with Gasteiger partial charge in [0.25, 0.3) is 0 Å². The first kappa shape index (κ1) is 21.3. The quantitative estimate of drug-likeness (QED) is 0.618. The van der Waals surface area contributed by atoms with Gasteiger partial charge in [0.15, 0.2) is 0 Å². The number of nitrogens with zero attached hydrogens (tertiary/aromatic N) is 4. The number of piperazine rings is 1. The van der Waals surface area contributed by atoms with Crippen molar-refractivity contribution in [2.24, 2.45) is 0 Å². The summed E-state index contributed by atoms with van der Waals surface area (Å²) in [6.07, 6.45) is 1.42. The molecule has 3 heterocycles. The maximum Gasteiger partial charge on any atom is 0.229 e. The van der Waals surface area contributed by atoms with E-state index in [-0.39, 0.29) is 5.91 Å². The van der Waals surface area contributed by atoms with Crippen molar-refractivity contribution in [3.8, 4) is 0 Å². The molecule has 2 aromatic heterocycles. The zero-order valence-electron chi connectivity index (χ0n) is 18.4. The van der Waals surface area contributed by atoms with Crippen LogP contribution in [0.5, 0.6) is 0 Å². The maximum atomic E-state index is 12.7. The van der Waals surface area contributed by atoms with Gasteiger partial charge in [-0.05, 0) is 56.3 Å². The molecule has 1 fully saturated rings. The van der Waals surface area contributed by atoms with E-state index < -0.39 is 0 Å². The number of rotatable bonds is 6. The number of aryl methyl sites for hydroxylation is 4. The van der Waals surface area contributed by atoms with Crippen molar-refractivity contribution < 1.29 is 4.79 Å². The molecule has 6 nitrogen and oxygen atoms in total. The molecule has 1 amide bonds. The summed E-state index contributed by atoms with van der Waals surface area (Å²) in [5.74, 6) is 1.75. The van der Waals surface area contributed by atoms with Crippen LogP contribution in [0.15, 0.2) is 41.8 Å². The van der Waals surface area contributed by atoms with Gasteiger partial charge in [-0.2, -0.15) is 4.98 Å². The topological polar surface area (TPSA) is 61.4 Å². The van der Waals surface area contributed by atoms with Crippen LogP contribution in [0.1, 0.15) is 28.1 Å². The Balaban J connectivity index is 1.34. The summed E-state index contributed by atoms with van der Waals surface area (Å²) in [4.78, 5) is 27.5. The number of carbonyl (C=O) groups is 1. The number of carbonyl (C=O) groups excluding carboxylic acids is 1. The maximum absolute atomic E-state index is 12.7.